The first-order chi connectivity index (χ1) is 6.29. The van der Waals surface area contributed by atoms with Crippen LogP contribution >= 0.6 is 0 Å². The van der Waals surface area contributed by atoms with E-state index >= 15 is 0 Å². The molecule has 0 aliphatic rings. The van der Waals surface area contributed by atoms with Gasteiger partial charge in [0.05, 0.1) is 5.52 Å². The van der Waals surface area contributed by atoms with Gasteiger partial charge in [-0.15, -0.1) is 0 Å². The molecule has 2 aromatic heterocycles. The molecule has 0 saturated carbocycles. The number of hydrogen-bond donors (Lipinski definition) is 0. The third-order valence-corrected chi connectivity index (χ3v) is 1.93. The average molecular weight is 173 g/mol. The fourth-order valence-corrected chi connectivity index (χ4v) is 1.34. The number of pyridine rings is 2. The third-order valence-electron chi connectivity index (χ3n) is 1.93. The molecule has 0 radical (unpaired) electrons. The van der Waals surface area contributed by atoms with Crippen LogP contribution in [0.3, 0.4) is 0 Å². The summed E-state index contributed by atoms with van der Waals surface area (Å²) in [4.78, 5) is 10.5. The van der Waals surface area contributed by atoms with Crippen molar-refractivity contribution in [2.24, 2.45) is 0 Å². The van der Waals surface area contributed by atoms with Gasteiger partial charge in [0.1, 0.15) is 5.82 Å². The molecular formula is C10H11N3. The van der Waals surface area contributed by atoms with E-state index in [4.69, 9.17) is 0 Å². The van der Waals surface area contributed by atoms with Crippen molar-refractivity contribution in [1.82, 2.24) is 9.97 Å². The molecule has 3 nitrogen and oxygen atoms in total. The van der Waals surface area contributed by atoms with Gasteiger partial charge < -0.3 is 4.90 Å². The standard InChI is InChI=1S/C10H11N3/c1-13(2)10-8-4-3-6-11-9(8)5-7-12-10/h3-7H,1-2H3. The Morgan fingerprint density at radius 3 is 2.69 bits per heavy atom. The average Bonchev–Trinajstić information content (AvgIpc) is 2.17. The lowest BCUT2D eigenvalue weighted by Gasteiger charge is -2.12. The Balaban J connectivity index is 2.76. The van der Waals surface area contributed by atoms with Gasteiger partial charge in [-0.1, -0.05) is 0 Å². The molecule has 0 spiro atoms. The minimum atomic E-state index is 0.964. The maximum atomic E-state index is 4.29. The van der Waals surface area contributed by atoms with Gasteiger partial charge >= 0.3 is 0 Å². The lowest BCUT2D eigenvalue weighted by atomic mass is 10.2. The second-order valence-corrected chi connectivity index (χ2v) is 3.10. The summed E-state index contributed by atoms with van der Waals surface area (Å²) in [5, 5.41) is 1.09. The molecule has 2 rings (SSSR count). The van der Waals surface area contributed by atoms with Gasteiger partial charge in [0, 0.05) is 31.9 Å². The van der Waals surface area contributed by atoms with Crippen molar-refractivity contribution < 1.29 is 0 Å². The molecule has 0 aromatic carbocycles. The van der Waals surface area contributed by atoms with Crippen molar-refractivity contribution in [2.75, 3.05) is 19.0 Å². The molecular weight excluding hydrogens is 162 g/mol. The molecule has 0 unspecified atom stereocenters. The Kier molecular flexibility index (Phi) is 1.85. The van der Waals surface area contributed by atoms with Crippen molar-refractivity contribution in [3.05, 3.63) is 30.6 Å². The monoisotopic (exact) mass is 173 g/mol. The highest BCUT2D eigenvalue weighted by molar-refractivity contribution is 5.88. The number of anilines is 1. The second-order valence-electron chi connectivity index (χ2n) is 3.10. The Morgan fingerprint density at radius 2 is 1.92 bits per heavy atom. The fourth-order valence-electron chi connectivity index (χ4n) is 1.34. The van der Waals surface area contributed by atoms with Crippen LogP contribution in [0.1, 0.15) is 0 Å². The molecule has 0 N–H and O–H groups in total. The maximum absolute atomic E-state index is 4.29. The molecule has 66 valence electrons. The van der Waals surface area contributed by atoms with E-state index in [9.17, 15) is 0 Å². The first kappa shape index (κ1) is 7.98. The molecule has 0 bridgehead atoms. The number of nitrogens with zero attached hydrogens (tertiary/aromatic N) is 3. The quantitative estimate of drug-likeness (QED) is 0.657. The molecule has 2 heterocycles. The fraction of sp³-hybridized carbons (Fsp3) is 0.200. The first-order valence-corrected chi connectivity index (χ1v) is 4.16. The normalized spacial score (nSPS) is 10.3. The van der Waals surface area contributed by atoms with Crippen molar-refractivity contribution >= 4 is 16.7 Å². The summed E-state index contributed by atoms with van der Waals surface area (Å²) in [6.45, 7) is 0. The van der Waals surface area contributed by atoms with Gasteiger partial charge in [0.15, 0.2) is 0 Å². The van der Waals surface area contributed by atoms with E-state index in [1.165, 1.54) is 0 Å². The van der Waals surface area contributed by atoms with Gasteiger partial charge in [0.2, 0.25) is 0 Å². The molecule has 0 saturated heterocycles. The SMILES string of the molecule is CN(C)c1nccc2ncccc12. The third kappa shape index (κ3) is 1.33. The van der Waals surface area contributed by atoms with E-state index < -0.39 is 0 Å². The summed E-state index contributed by atoms with van der Waals surface area (Å²) >= 11 is 0. The summed E-state index contributed by atoms with van der Waals surface area (Å²) in [6.07, 6.45) is 3.58. The lowest BCUT2D eigenvalue weighted by Crippen LogP contribution is -2.10. The predicted molar refractivity (Wildman–Crippen MR) is 53.9 cm³/mol. The van der Waals surface area contributed by atoms with Gasteiger partial charge in [0.25, 0.3) is 0 Å². The van der Waals surface area contributed by atoms with Crippen LogP contribution in [0.2, 0.25) is 0 Å². The van der Waals surface area contributed by atoms with E-state index in [1.54, 1.807) is 12.4 Å². The smallest absolute Gasteiger partial charge is 0.137 e. The highest BCUT2D eigenvalue weighted by atomic mass is 15.1. The van der Waals surface area contributed by atoms with E-state index in [0.29, 0.717) is 0 Å². The van der Waals surface area contributed by atoms with Crippen molar-refractivity contribution in [1.29, 1.82) is 0 Å². The zero-order valence-electron chi connectivity index (χ0n) is 7.73. The Labute approximate surface area is 77.0 Å². The Bertz CT molecular complexity index is 418. The van der Waals surface area contributed by atoms with Gasteiger partial charge in [-0.2, -0.15) is 0 Å². The van der Waals surface area contributed by atoms with Crippen molar-refractivity contribution in [3.8, 4) is 0 Å². The van der Waals surface area contributed by atoms with Crippen LogP contribution in [-0.4, -0.2) is 24.1 Å². The van der Waals surface area contributed by atoms with E-state index in [1.807, 2.05) is 37.2 Å². The Hall–Kier alpha value is -1.64. The van der Waals surface area contributed by atoms with Crippen LogP contribution in [0.4, 0.5) is 5.82 Å². The highest BCUT2D eigenvalue weighted by Gasteiger charge is 2.02. The van der Waals surface area contributed by atoms with Crippen molar-refractivity contribution in [3.63, 3.8) is 0 Å². The largest absolute Gasteiger partial charge is 0.362 e. The van der Waals surface area contributed by atoms with Crippen molar-refractivity contribution in [2.45, 2.75) is 0 Å². The second kappa shape index (κ2) is 3.01. The lowest BCUT2D eigenvalue weighted by molar-refractivity contribution is 1.08. The zero-order valence-corrected chi connectivity index (χ0v) is 7.73. The topological polar surface area (TPSA) is 29.0 Å². The molecule has 0 atom stereocenters. The number of rotatable bonds is 1. The highest BCUT2D eigenvalue weighted by Crippen LogP contribution is 2.19. The van der Waals surface area contributed by atoms with E-state index in [0.717, 1.165) is 16.7 Å². The number of fused-ring (bicyclic) bond motifs is 1. The van der Waals surface area contributed by atoms with Crippen LogP contribution in [0.5, 0.6) is 0 Å². The number of hydrogen-bond acceptors (Lipinski definition) is 3. The molecule has 0 aliphatic carbocycles. The summed E-state index contributed by atoms with van der Waals surface area (Å²) < 4.78 is 0. The predicted octanol–water partition coefficient (Wildman–Crippen LogP) is 1.70. The van der Waals surface area contributed by atoms with Crippen LogP contribution in [0, 0.1) is 0 Å². The summed E-state index contributed by atoms with van der Waals surface area (Å²) in [6, 6.07) is 5.88. The number of aromatic nitrogens is 2. The van der Waals surface area contributed by atoms with Gasteiger partial charge in [-0.3, -0.25) is 4.98 Å². The van der Waals surface area contributed by atoms with E-state index in [2.05, 4.69) is 9.97 Å². The summed E-state index contributed by atoms with van der Waals surface area (Å²) in [5.74, 6) is 0.964. The van der Waals surface area contributed by atoms with E-state index in [-0.39, 0.29) is 0 Å². The zero-order chi connectivity index (χ0) is 9.26. The van der Waals surface area contributed by atoms with Gasteiger partial charge in [-0.25, -0.2) is 4.98 Å². The molecule has 0 fully saturated rings. The summed E-state index contributed by atoms with van der Waals surface area (Å²) in [5.41, 5.74) is 0.987. The molecule has 0 amide bonds. The van der Waals surface area contributed by atoms with Crippen LogP contribution in [0.25, 0.3) is 10.9 Å². The first-order valence-electron chi connectivity index (χ1n) is 4.16. The molecule has 3 heteroatoms. The minimum absolute atomic E-state index is 0.964. The minimum Gasteiger partial charge on any atom is -0.362 e. The van der Waals surface area contributed by atoms with Crippen LogP contribution in [-0.2, 0) is 0 Å². The maximum Gasteiger partial charge on any atom is 0.137 e. The molecule has 0 aliphatic heterocycles. The van der Waals surface area contributed by atoms with Gasteiger partial charge in [-0.05, 0) is 18.2 Å². The Morgan fingerprint density at radius 1 is 1.08 bits per heavy atom. The van der Waals surface area contributed by atoms with Crippen LogP contribution in [0.15, 0.2) is 30.6 Å². The van der Waals surface area contributed by atoms with Crippen LogP contribution < -0.4 is 4.90 Å². The molecule has 2 aromatic rings. The molecule has 13 heavy (non-hydrogen) atoms. The summed E-state index contributed by atoms with van der Waals surface area (Å²) in [7, 11) is 3.96.